The highest BCUT2D eigenvalue weighted by Crippen LogP contribution is 2.32. The molecule has 4 heterocycles. The summed E-state index contributed by atoms with van der Waals surface area (Å²) in [6.45, 7) is 3.23. The van der Waals surface area contributed by atoms with Gasteiger partial charge in [0.15, 0.2) is 21.3 Å². The molecule has 16 heteroatoms. The molecule has 1 fully saturated rings. The number of nitriles is 1. The monoisotopic (exact) mass is 620 g/mol. The first kappa shape index (κ1) is 29.3. The molecule has 220 valence electrons. The van der Waals surface area contributed by atoms with E-state index in [-0.39, 0.29) is 10.6 Å². The summed E-state index contributed by atoms with van der Waals surface area (Å²) in [5, 5.41) is 13.9. The molecule has 0 spiro atoms. The van der Waals surface area contributed by atoms with Gasteiger partial charge < -0.3 is 9.08 Å². The summed E-state index contributed by atoms with van der Waals surface area (Å²) < 4.78 is 89.7. The number of anilines is 1. The van der Waals surface area contributed by atoms with Crippen LogP contribution in [0.15, 0.2) is 65.8 Å². The van der Waals surface area contributed by atoms with Crippen LogP contribution in [0.4, 0.5) is 19.0 Å². The van der Waals surface area contributed by atoms with Gasteiger partial charge in [0, 0.05) is 50.1 Å². The fourth-order valence-corrected chi connectivity index (χ4v) is 5.73. The van der Waals surface area contributed by atoms with Gasteiger partial charge in [0.1, 0.15) is 11.9 Å². The molecule has 0 unspecified atom stereocenters. The van der Waals surface area contributed by atoms with E-state index in [1.165, 1.54) is 18.5 Å². The van der Waals surface area contributed by atoms with Gasteiger partial charge in [0.05, 0.1) is 22.8 Å². The molecule has 0 N–H and O–H groups in total. The number of hydrogen-bond donors (Lipinski definition) is 0. The molecule has 5 rings (SSSR count). The van der Waals surface area contributed by atoms with E-state index in [0.29, 0.717) is 55.2 Å². The van der Waals surface area contributed by atoms with Crippen LogP contribution in [0.1, 0.15) is 11.3 Å². The molecule has 1 aliphatic heterocycles. The number of nitrogens with zero attached hydrogens (tertiary/aromatic N) is 6. The third-order valence-electron chi connectivity index (χ3n) is 6.68. The molecule has 42 heavy (non-hydrogen) atoms. The predicted molar refractivity (Wildman–Crippen MR) is 146 cm³/mol. The minimum atomic E-state index is -5.84. The lowest BCUT2D eigenvalue weighted by atomic mass is 10.1. The lowest BCUT2D eigenvalue weighted by Gasteiger charge is -2.35. The van der Waals surface area contributed by atoms with Gasteiger partial charge in [0.2, 0.25) is 0 Å². The van der Waals surface area contributed by atoms with Crippen LogP contribution in [-0.4, -0.2) is 74.3 Å². The van der Waals surface area contributed by atoms with Gasteiger partial charge in [-0.05, 0) is 42.0 Å². The number of rotatable bonds is 7. The quantitative estimate of drug-likeness (QED) is 0.224. The van der Waals surface area contributed by atoms with Gasteiger partial charge in [-0.25, -0.2) is 17.9 Å². The third kappa shape index (κ3) is 6.03. The van der Waals surface area contributed by atoms with Crippen molar-refractivity contribution in [3.05, 3.63) is 72.2 Å². The highest BCUT2D eigenvalue weighted by Gasteiger charge is 2.48. The summed E-state index contributed by atoms with van der Waals surface area (Å²) in [6.07, 6.45) is 3.57. The molecule has 11 nitrogen and oxygen atoms in total. The number of piperazine rings is 1. The van der Waals surface area contributed by atoms with E-state index in [4.69, 9.17) is 0 Å². The Bertz CT molecular complexity index is 1910. The molecule has 4 aromatic rings. The highest BCUT2D eigenvalue weighted by atomic mass is 32.2. The van der Waals surface area contributed by atoms with E-state index < -0.39 is 31.2 Å². The zero-order valence-corrected chi connectivity index (χ0v) is 23.6. The first-order chi connectivity index (χ1) is 19.7. The maximum absolute atomic E-state index is 12.7. The number of sulfone groups is 1. The number of alkyl halides is 3. The number of aromatic nitrogens is 3. The van der Waals surface area contributed by atoms with E-state index in [2.05, 4.69) is 25.2 Å². The zero-order chi connectivity index (χ0) is 30.3. The van der Waals surface area contributed by atoms with Crippen molar-refractivity contribution in [1.82, 2.24) is 19.5 Å². The van der Waals surface area contributed by atoms with Gasteiger partial charge >= 0.3 is 15.6 Å². The van der Waals surface area contributed by atoms with Gasteiger partial charge in [-0.1, -0.05) is 12.1 Å². The molecular weight excluding hydrogens is 597 g/mol. The van der Waals surface area contributed by atoms with Crippen LogP contribution in [0, 0.1) is 11.3 Å². The molecule has 3 aromatic heterocycles. The van der Waals surface area contributed by atoms with Crippen molar-refractivity contribution in [3.63, 3.8) is 0 Å². The van der Waals surface area contributed by atoms with Crippen LogP contribution >= 0.6 is 0 Å². The van der Waals surface area contributed by atoms with E-state index in [9.17, 15) is 35.3 Å². The fourth-order valence-electron chi connectivity index (χ4n) is 4.59. The normalized spacial score (nSPS) is 15.1. The van der Waals surface area contributed by atoms with E-state index in [0.717, 1.165) is 22.3 Å². The maximum Gasteiger partial charge on any atom is 0.534 e. The van der Waals surface area contributed by atoms with E-state index in [1.807, 2.05) is 11.0 Å². The summed E-state index contributed by atoms with van der Waals surface area (Å²) in [6, 6.07) is 14.8. The largest absolute Gasteiger partial charge is 0.534 e. The topological polar surface area (TPSA) is 138 Å². The number of hydrogen-bond acceptors (Lipinski definition) is 10. The average Bonchev–Trinajstić information content (AvgIpc) is 3.35. The van der Waals surface area contributed by atoms with Crippen LogP contribution in [-0.2, 0) is 26.5 Å². The second kappa shape index (κ2) is 10.9. The molecule has 1 aliphatic rings. The minimum absolute atomic E-state index is 0.113. The molecule has 0 radical (unpaired) electrons. The third-order valence-corrected chi connectivity index (χ3v) is 8.77. The van der Waals surface area contributed by atoms with Gasteiger partial charge in [-0.3, -0.25) is 4.90 Å². The first-order valence-corrected chi connectivity index (χ1v) is 15.7. The summed E-state index contributed by atoms with van der Waals surface area (Å²) in [5.74, 6) is 0.0178. The van der Waals surface area contributed by atoms with E-state index >= 15 is 0 Å². The van der Waals surface area contributed by atoms with Crippen molar-refractivity contribution in [1.29, 1.82) is 5.26 Å². The van der Waals surface area contributed by atoms with Gasteiger partial charge in [0.25, 0.3) is 0 Å². The molecule has 0 atom stereocenters. The number of benzene rings is 1. The lowest BCUT2D eigenvalue weighted by Crippen LogP contribution is -2.46. The summed E-state index contributed by atoms with van der Waals surface area (Å²) in [7, 11) is -9.14. The molecule has 0 saturated carbocycles. The van der Waals surface area contributed by atoms with Crippen molar-refractivity contribution >= 4 is 31.3 Å². The SMILES string of the molecule is CS(=O)(=O)c1cccc(CN2CCN(c3ccc(-c4cnn5cc(OS(=O)(=O)C(F)(F)F)ccc45)c(C#N)n3)CC2)c1. The van der Waals surface area contributed by atoms with Crippen molar-refractivity contribution in [2.45, 2.75) is 16.9 Å². The number of halogens is 3. The Balaban J connectivity index is 1.30. The molecule has 1 aromatic carbocycles. The number of fused-ring (bicyclic) bond motifs is 1. The van der Waals surface area contributed by atoms with Crippen molar-refractivity contribution in [2.24, 2.45) is 0 Å². The van der Waals surface area contributed by atoms with Crippen LogP contribution in [0.3, 0.4) is 0 Å². The maximum atomic E-state index is 12.7. The Kier molecular flexibility index (Phi) is 7.60. The fraction of sp³-hybridized carbons (Fsp3) is 0.269. The van der Waals surface area contributed by atoms with Crippen LogP contribution in [0.5, 0.6) is 5.75 Å². The zero-order valence-electron chi connectivity index (χ0n) is 22.0. The van der Waals surface area contributed by atoms with Gasteiger partial charge in [-0.15, -0.1) is 0 Å². The molecule has 0 bridgehead atoms. The second-order valence-electron chi connectivity index (χ2n) is 9.60. The summed E-state index contributed by atoms with van der Waals surface area (Å²) in [4.78, 5) is 9.05. The van der Waals surface area contributed by atoms with Crippen molar-refractivity contribution < 1.29 is 34.2 Å². The van der Waals surface area contributed by atoms with Crippen LogP contribution < -0.4 is 9.08 Å². The first-order valence-electron chi connectivity index (χ1n) is 12.4. The molecular formula is C26H23F3N6O5S2. The van der Waals surface area contributed by atoms with Crippen LogP contribution in [0.2, 0.25) is 0 Å². The molecule has 0 aliphatic carbocycles. The minimum Gasteiger partial charge on any atom is -0.374 e. The lowest BCUT2D eigenvalue weighted by molar-refractivity contribution is -0.0500. The van der Waals surface area contributed by atoms with Crippen LogP contribution in [0.25, 0.3) is 16.6 Å². The second-order valence-corrected chi connectivity index (χ2v) is 13.1. The van der Waals surface area contributed by atoms with Crippen molar-refractivity contribution in [3.8, 4) is 22.9 Å². The highest BCUT2D eigenvalue weighted by molar-refractivity contribution is 7.90. The Morgan fingerprint density at radius 1 is 1.00 bits per heavy atom. The summed E-state index contributed by atoms with van der Waals surface area (Å²) in [5.41, 5.74) is -3.26. The Morgan fingerprint density at radius 3 is 2.40 bits per heavy atom. The Labute approximate surface area is 239 Å². The molecule has 1 saturated heterocycles. The van der Waals surface area contributed by atoms with Crippen molar-refractivity contribution in [2.75, 3.05) is 37.3 Å². The Hall–Kier alpha value is -4.20. The summed E-state index contributed by atoms with van der Waals surface area (Å²) >= 11 is 0. The standard InChI is InChI=1S/C26H23F3N6O5S2/c1-41(36,37)20-4-2-3-18(13-20)16-33-9-11-34(12-10-33)25-8-6-21(23(14-30)32-25)22-15-31-35-17-19(5-7-24(22)35)40-42(38,39)26(27,28)29/h2-8,13,15,17H,9-12,16H2,1H3. The molecule has 0 amide bonds. The average molecular weight is 621 g/mol. The number of pyridine rings is 2. The predicted octanol–water partition coefficient (Wildman–Crippen LogP) is 3.22. The van der Waals surface area contributed by atoms with Gasteiger partial charge in [-0.2, -0.15) is 31.9 Å². The smallest absolute Gasteiger partial charge is 0.374 e. The Morgan fingerprint density at radius 2 is 1.74 bits per heavy atom. The van der Waals surface area contributed by atoms with E-state index in [1.54, 1.807) is 30.3 Å².